The molecule has 0 unspecified atom stereocenters. The lowest BCUT2D eigenvalue weighted by molar-refractivity contribution is -0.142. The van der Waals surface area contributed by atoms with Crippen molar-refractivity contribution in [2.24, 2.45) is 0 Å². The van der Waals surface area contributed by atoms with Crippen LogP contribution < -0.4 is 10.6 Å². The number of rotatable bonds is 8. The normalized spacial score (nSPS) is 12.7. The van der Waals surface area contributed by atoms with Crippen molar-refractivity contribution in [2.45, 2.75) is 31.8 Å². The number of hydrogen-bond acceptors (Lipinski definition) is 3. The monoisotopic (exact) mass is 466 g/mol. The molecular weight excluding hydrogens is 448 g/mol. The van der Waals surface area contributed by atoms with Crippen LogP contribution in [0.3, 0.4) is 0 Å². The zero-order valence-corrected chi connectivity index (χ0v) is 17.5. The third-order valence-electron chi connectivity index (χ3n) is 4.02. The van der Waals surface area contributed by atoms with Crippen LogP contribution in [0, 0.1) is 0 Å². The van der Waals surface area contributed by atoms with Gasteiger partial charge in [-0.25, -0.2) is 4.79 Å². The van der Waals surface area contributed by atoms with Gasteiger partial charge in [-0.1, -0.05) is 57.9 Å². The molecule has 0 aliphatic carbocycles. The minimum atomic E-state index is -1.18. The van der Waals surface area contributed by atoms with Crippen molar-refractivity contribution in [2.75, 3.05) is 0 Å². The summed E-state index contributed by atoms with van der Waals surface area (Å²) in [5, 5.41) is 15.1. The topological polar surface area (TPSA) is 95.5 Å². The van der Waals surface area contributed by atoms with Crippen molar-refractivity contribution < 1.29 is 19.5 Å². The molecule has 0 aliphatic heterocycles. The van der Waals surface area contributed by atoms with Gasteiger partial charge in [-0.15, -0.1) is 0 Å². The van der Waals surface area contributed by atoms with Gasteiger partial charge in [0.05, 0.1) is 0 Å². The number of carbonyl (C=O) groups excluding carboxylic acids is 2. The zero-order chi connectivity index (χ0) is 20.7. The average molecular weight is 468 g/mol. The summed E-state index contributed by atoms with van der Waals surface area (Å²) in [4.78, 5) is 35.9. The molecule has 6 nitrogen and oxygen atoms in total. The van der Waals surface area contributed by atoms with Gasteiger partial charge in [-0.05, 0) is 29.3 Å². The highest BCUT2D eigenvalue weighted by Gasteiger charge is 2.27. The average Bonchev–Trinajstić information content (AvgIpc) is 2.63. The maximum absolute atomic E-state index is 12.7. The number of carboxylic acid groups (broad SMARTS) is 1. The van der Waals surface area contributed by atoms with E-state index in [4.69, 9.17) is 11.6 Å². The smallest absolute Gasteiger partial charge is 0.326 e. The number of benzene rings is 2. The molecule has 0 aromatic heterocycles. The summed E-state index contributed by atoms with van der Waals surface area (Å²) in [7, 11) is 0. The van der Waals surface area contributed by atoms with Crippen LogP contribution in [0.1, 0.15) is 18.1 Å². The molecule has 3 N–H and O–H groups in total. The Labute approximate surface area is 176 Å². The van der Waals surface area contributed by atoms with Crippen LogP contribution in [-0.4, -0.2) is 35.0 Å². The van der Waals surface area contributed by atoms with Crippen molar-refractivity contribution in [3.63, 3.8) is 0 Å². The van der Waals surface area contributed by atoms with Gasteiger partial charge in [-0.2, -0.15) is 0 Å². The first-order valence-electron chi connectivity index (χ1n) is 8.54. The van der Waals surface area contributed by atoms with E-state index < -0.39 is 24.0 Å². The van der Waals surface area contributed by atoms with Crippen LogP contribution in [-0.2, 0) is 27.2 Å². The summed E-state index contributed by atoms with van der Waals surface area (Å²) in [6.45, 7) is 1.31. The van der Waals surface area contributed by atoms with Crippen molar-refractivity contribution in [3.8, 4) is 0 Å². The molecule has 2 aromatic carbocycles. The molecule has 28 heavy (non-hydrogen) atoms. The lowest BCUT2D eigenvalue weighted by Crippen LogP contribution is -2.52. The van der Waals surface area contributed by atoms with Crippen molar-refractivity contribution in [1.29, 1.82) is 0 Å². The first kappa shape index (κ1) is 21.9. The Morgan fingerprint density at radius 2 is 1.71 bits per heavy atom. The van der Waals surface area contributed by atoms with Gasteiger partial charge in [0.1, 0.15) is 12.1 Å². The quantitative estimate of drug-likeness (QED) is 0.556. The number of hydrogen-bond donors (Lipinski definition) is 3. The fraction of sp³-hybridized carbons (Fsp3) is 0.250. The van der Waals surface area contributed by atoms with Crippen molar-refractivity contribution in [3.05, 3.63) is 69.2 Å². The molecule has 2 atom stereocenters. The van der Waals surface area contributed by atoms with E-state index in [-0.39, 0.29) is 18.7 Å². The minimum absolute atomic E-state index is 0.0420. The number of nitrogens with one attached hydrogen (secondary N) is 2. The molecule has 148 valence electrons. The molecule has 0 saturated heterocycles. The van der Waals surface area contributed by atoms with Crippen LogP contribution >= 0.6 is 27.5 Å². The number of halogens is 2. The number of amides is 2. The van der Waals surface area contributed by atoms with Gasteiger partial charge < -0.3 is 15.7 Å². The molecule has 0 bridgehead atoms. The zero-order valence-electron chi connectivity index (χ0n) is 15.1. The molecule has 0 heterocycles. The van der Waals surface area contributed by atoms with Crippen LogP contribution in [0.25, 0.3) is 0 Å². The standard InChI is InChI=1S/C20H20BrClN2O4/c1-12(25)23-17(9-13-5-3-2-4-6-13)19(26)24-18(20(27)28)11-14-10-15(22)7-8-16(14)21/h2-8,10,17-18H,9,11H2,1H3,(H,23,25)(H,24,26)(H,27,28)/t17-,18+/m0/s1. The van der Waals surface area contributed by atoms with E-state index in [1.54, 1.807) is 18.2 Å². The summed E-state index contributed by atoms with van der Waals surface area (Å²) >= 11 is 9.34. The van der Waals surface area contributed by atoms with Crippen LogP contribution in [0.5, 0.6) is 0 Å². The van der Waals surface area contributed by atoms with E-state index in [0.29, 0.717) is 15.1 Å². The predicted octanol–water partition coefficient (Wildman–Crippen LogP) is 2.96. The molecule has 0 fully saturated rings. The third-order valence-corrected chi connectivity index (χ3v) is 5.03. The Hall–Kier alpha value is -2.38. The lowest BCUT2D eigenvalue weighted by Gasteiger charge is -2.21. The third kappa shape index (κ3) is 6.65. The van der Waals surface area contributed by atoms with Crippen LogP contribution in [0.15, 0.2) is 53.0 Å². The Morgan fingerprint density at radius 3 is 2.32 bits per heavy atom. The number of aliphatic carboxylic acids is 1. The molecule has 0 saturated carbocycles. The summed E-state index contributed by atoms with van der Waals surface area (Å²) in [5.41, 5.74) is 1.50. The van der Waals surface area contributed by atoms with Crippen molar-refractivity contribution in [1.82, 2.24) is 10.6 Å². The molecule has 2 rings (SSSR count). The van der Waals surface area contributed by atoms with Gasteiger partial charge >= 0.3 is 5.97 Å². The van der Waals surface area contributed by atoms with Gasteiger partial charge in [0.25, 0.3) is 0 Å². The Kier molecular flexibility index (Phi) is 8.02. The maximum Gasteiger partial charge on any atom is 0.326 e. The SMILES string of the molecule is CC(=O)N[C@@H](Cc1ccccc1)C(=O)N[C@H](Cc1cc(Cl)ccc1Br)C(=O)O. The fourth-order valence-corrected chi connectivity index (χ4v) is 3.30. The molecule has 8 heteroatoms. The molecule has 2 amide bonds. The highest BCUT2D eigenvalue weighted by molar-refractivity contribution is 9.10. The van der Waals surface area contributed by atoms with Gasteiger partial charge in [0.15, 0.2) is 0 Å². The van der Waals surface area contributed by atoms with E-state index >= 15 is 0 Å². The molecule has 0 radical (unpaired) electrons. The van der Waals surface area contributed by atoms with E-state index in [1.165, 1.54) is 6.92 Å². The molecular formula is C20H20BrClN2O4. The largest absolute Gasteiger partial charge is 0.480 e. The number of carboxylic acids is 1. The van der Waals surface area contributed by atoms with E-state index in [9.17, 15) is 19.5 Å². The van der Waals surface area contributed by atoms with E-state index in [0.717, 1.165) is 5.56 Å². The second-order valence-electron chi connectivity index (χ2n) is 6.28. The fourth-order valence-electron chi connectivity index (χ4n) is 2.70. The first-order valence-corrected chi connectivity index (χ1v) is 9.71. The molecule has 0 spiro atoms. The number of carbonyl (C=O) groups is 3. The highest BCUT2D eigenvalue weighted by Crippen LogP contribution is 2.22. The van der Waals surface area contributed by atoms with E-state index in [1.807, 2.05) is 30.3 Å². The second kappa shape index (κ2) is 10.2. The van der Waals surface area contributed by atoms with Crippen molar-refractivity contribution >= 4 is 45.3 Å². The first-order chi connectivity index (χ1) is 13.3. The lowest BCUT2D eigenvalue weighted by atomic mass is 10.0. The maximum atomic E-state index is 12.7. The minimum Gasteiger partial charge on any atom is -0.480 e. The molecule has 2 aromatic rings. The summed E-state index contributed by atoms with van der Waals surface area (Å²) in [5.74, 6) is -2.12. The van der Waals surface area contributed by atoms with Gasteiger partial charge in [-0.3, -0.25) is 9.59 Å². The Bertz CT molecular complexity index is 861. The van der Waals surface area contributed by atoms with E-state index in [2.05, 4.69) is 26.6 Å². The van der Waals surface area contributed by atoms with Crippen LogP contribution in [0.2, 0.25) is 5.02 Å². The highest BCUT2D eigenvalue weighted by atomic mass is 79.9. The summed E-state index contributed by atoms with van der Waals surface area (Å²) in [6, 6.07) is 12.1. The predicted molar refractivity (Wildman–Crippen MR) is 110 cm³/mol. The summed E-state index contributed by atoms with van der Waals surface area (Å²) in [6.07, 6.45) is 0.291. The summed E-state index contributed by atoms with van der Waals surface area (Å²) < 4.78 is 0.695. The van der Waals surface area contributed by atoms with Crippen LogP contribution in [0.4, 0.5) is 0 Å². The Balaban J connectivity index is 2.16. The second-order valence-corrected chi connectivity index (χ2v) is 7.57. The van der Waals surface area contributed by atoms with Gasteiger partial charge in [0, 0.05) is 29.3 Å². The molecule has 0 aliphatic rings. The Morgan fingerprint density at radius 1 is 1.04 bits per heavy atom. The van der Waals surface area contributed by atoms with Gasteiger partial charge in [0.2, 0.25) is 11.8 Å².